The topological polar surface area (TPSA) is 99.2 Å². The van der Waals surface area contributed by atoms with Gasteiger partial charge in [0.05, 0.1) is 11.3 Å². The Bertz CT molecular complexity index is 1240. The summed E-state index contributed by atoms with van der Waals surface area (Å²) in [7, 11) is 0. The number of primary amides is 1. The Morgan fingerprint density at radius 3 is 2.28 bits per heavy atom. The van der Waals surface area contributed by atoms with Crippen molar-refractivity contribution < 1.29 is 14.3 Å². The normalized spacial score (nSPS) is 10.8. The van der Waals surface area contributed by atoms with Gasteiger partial charge in [0.15, 0.2) is 0 Å². The second-order valence-electron chi connectivity index (χ2n) is 6.83. The fourth-order valence-corrected chi connectivity index (χ4v) is 3.10. The number of aldehydes is 1. The zero-order chi connectivity index (χ0) is 22.3. The van der Waals surface area contributed by atoms with Gasteiger partial charge in [-0.15, -0.1) is 0 Å². The first-order chi connectivity index (χ1) is 15.6. The van der Waals surface area contributed by atoms with Gasteiger partial charge in [-0.25, -0.2) is 4.68 Å². The van der Waals surface area contributed by atoms with Crippen LogP contribution in [0.2, 0.25) is 0 Å². The average molecular weight is 424 g/mol. The third-order valence-corrected chi connectivity index (χ3v) is 4.64. The lowest BCUT2D eigenvalue weighted by Gasteiger charge is -2.06. The van der Waals surface area contributed by atoms with Gasteiger partial charge in [0.25, 0.3) is 5.91 Å². The summed E-state index contributed by atoms with van der Waals surface area (Å²) in [5.74, 6) is 0.849. The molecule has 0 saturated heterocycles. The van der Waals surface area contributed by atoms with Crippen molar-refractivity contribution in [3.8, 4) is 28.4 Å². The third kappa shape index (κ3) is 4.73. The summed E-state index contributed by atoms with van der Waals surface area (Å²) in [5, 5.41) is 7.57. The number of allylic oxidation sites excluding steroid dienone is 1. The maximum atomic E-state index is 12.0. The number of carbonyl (C=O) groups is 2. The van der Waals surface area contributed by atoms with Crippen LogP contribution >= 0.6 is 0 Å². The summed E-state index contributed by atoms with van der Waals surface area (Å²) in [5.41, 5.74) is 8.72. The van der Waals surface area contributed by atoms with Crippen LogP contribution in [-0.2, 0) is 4.79 Å². The van der Waals surface area contributed by atoms with Crippen LogP contribution in [0, 0.1) is 0 Å². The maximum Gasteiger partial charge on any atom is 0.252 e. The lowest BCUT2D eigenvalue weighted by molar-refractivity contribution is -0.104. The number of aromatic nitrogens is 2. The van der Waals surface area contributed by atoms with E-state index in [1.165, 1.54) is 6.08 Å². The zero-order valence-electron chi connectivity index (χ0n) is 17.0. The molecule has 1 aromatic heterocycles. The number of hydrogen-bond donors (Lipinski definition) is 2. The van der Waals surface area contributed by atoms with E-state index >= 15 is 0 Å². The molecule has 0 unspecified atom stereocenters. The van der Waals surface area contributed by atoms with Gasteiger partial charge in [-0.3, -0.25) is 9.59 Å². The second-order valence-corrected chi connectivity index (χ2v) is 6.83. The number of ether oxygens (including phenoxy) is 1. The minimum Gasteiger partial charge on any atom is -0.457 e. The summed E-state index contributed by atoms with van der Waals surface area (Å²) in [6.07, 6.45) is 5.21. The molecule has 0 spiro atoms. The van der Waals surface area contributed by atoms with Crippen molar-refractivity contribution in [2.24, 2.45) is 5.73 Å². The molecule has 4 aromatic rings. The number of nitrogens with zero attached hydrogens (tertiary/aromatic N) is 2. The fraction of sp³-hybridized carbons (Fsp3) is 0. The summed E-state index contributed by atoms with van der Waals surface area (Å²) in [4.78, 5) is 22.4. The highest BCUT2D eigenvalue weighted by Crippen LogP contribution is 2.28. The first-order valence-electron chi connectivity index (χ1n) is 9.84. The average Bonchev–Trinajstić information content (AvgIpc) is 3.27. The monoisotopic (exact) mass is 424 g/mol. The lowest BCUT2D eigenvalue weighted by atomic mass is 10.1. The number of amides is 1. The van der Waals surface area contributed by atoms with Crippen LogP contribution in [0.5, 0.6) is 11.5 Å². The molecule has 7 nitrogen and oxygen atoms in total. The first kappa shape index (κ1) is 20.6. The Labute approximate surface area is 184 Å². The van der Waals surface area contributed by atoms with Crippen molar-refractivity contribution in [2.45, 2.75) is 0 Å². The molecule has 0 aliphatic heterocycles. The number of hydrogen-bond acceptors (Lipinski definition) is 5. The second kappa shape index (κ2) is 9.44. The Balaban J connectivity index is 1.59. The van der Waals surface area contributed by atoms with E-state index < -0.39 is 5.91 Å². The summed E-state index contributed by atoms with van der Waals surface area (Å²) in [6, 6.07) is 24.2. The molecular weight excluding hydrogens is 404 g/mol. The molecule has 0 aliphatic carbocycles. The summed E-state index contributed by atoms with van der Waals surface area (Å²) >= 11 is 0. The number of nitrogens with one attached hydrogen (secondary N) is 1. The number of anilines is 1. The van der Waals surface area contributed by atoms with Gasteiger partial charge >= 0.3 is 0 Å². The van der Waals surface area contributed by atoms with E-state index in [9.17, 15) is 9.59 Å². The molecule has 3 N–H and O–H groups in total. The Morgan fingerprint density at radius 1 is 0.938 bits per heavy atom. The molecule has 158 valence electrons. The van der Waals surface area contributed by atoms with E-state index in [0.29, 0.717) is 23.3 Å². The predicted octanol–water partition coefficient (Wildman–Crippen LogP) is 4.56. The Morgan fingerprint density at radius 2 is 1.62 bits per heavy atom. The molecule has 1 amide bonds. The largest absolute Gasteiger partial charge is 0.457 e. The van der Waals surface area contributed by atoms with Crippen LogP contribution in [0.4, 0.5) is 5.69 Å². The van der Waals surface area contributed by atoms with Gasteiger partial charge < -0.3 is 15.8 Å². The summed E-state index contributed by atoms with van der Waals surface area (Å²) in [6.45, 7) is 0. The standard InChI is InChI=1S/C25H20N4O3/c26-25(31)23-17-29(20-11-9-19(10-12-20)27-15-4-16-30)28-24(23)18-7-13-22(14-8-18)32-21-5-2-1-3-6-21/h1-17,27H,(H2,26,31). The number of benzene rings is 3. The molecule has 0 saturated carbocycles. The van der Waals surface area contributed by atoms with Crippen LogP contribution in [0.25, 0.3) is 16.9 Å². The van der Waals surface area contributed by atoms with E-state index in [0.717, 1.165) is 22.7 Å². The van der Waals surface area contributed by atoms with Crippen molar-refractivity contribution in [2.75, 3.05) is 5.32 Å². The number of nitrogens with two attached hydrogens (primary N) is 1. The van der Waals surface area contributed by atoms with Crippen LogP contribution in [0.1, 0.15) is 10.4 Å². The molecule has 7 heteroatoms. The van der Waals surface area contributed by atoms with Crippen LogP contribution in [-0.4, -0.2) is 22.0 Å². The minimum atomic E-state index is -0.562. The molecule has 0 bridgehead atoms. The minimum absolute atomic E-state index is 0.317. The van der Waals surface area contributed by atoms with Crippen molar-refractivity contribution in [1.82, 2.24) is 9.78 Å². The highest BCUT2D eigenvalue weighted by atomic mass is 16.5. The van der Waals surface area contributed by atoms with Crippen molar-refractivity contribution in [1.29, 1.82) is 0 Å². The summed E-state index contributed by atoms with van der Waals surface area (Å²) < 4.78 is 7.43. The highest BCUT2D eigenvalue weighted by Gasteiger charge is 2.16. The van der Waals surface area contributed by atoms with Crippen LogP contribution < -0.4 is 15.8 Å². The van der Waals surface area contributed by atoms with Gasteiger partial charge in [0.2, 0.25) is 0 Å². The maximum absolute atomic E-state index is 12.0. The number of rotatable bonds is 8. The van der Waals surface area contributed by atoms with Gasteiger partial charge in [0.1, 0.15) is 23.5 Å². The Hall–Kier alpha value is -4.65. The van der Waals surface area contributed by atoms with Crippen molar-refractivity contribution in [3.63, 3.8) is 0 Å². The van der Waals surface area contributed by atoms with E-state index in [-0.39, 0.29) is 0 Å². The smallest absolute Gasteiger partial charge is 0.252 e. The highest BCUT2D eigenvalue weighted by molar-refractivity contribution is 5.98. The molecule has 4 rings (SSSR count). The van der Waals surface area contributed by atoms with Gasteiger partial charge in [-0.2, -0.15) is 5.10 Å². The molecular formula is C25H20N4O3. The van der Waals surface area contributed by atoms with Gasteiger partial charge in [-0.05, 0) is 66.7 Å². The van der Waals surface area contributed by atoms with E-state index in [2.05, 4.69) is 10.4 Å². The predicted molar refractivity (Wildman–Crippen MR) is 123 cm³/mol. The third-order valence-electron chi connectivity index (χ3n) is 4.64. The molecule has 0 fully saturated rings. The fourth-order valence-electron chi connectivity index (χ4n) is 3.10. The van der Waals surface area contributed by atoms with E-state index in [1.807, 2.05) is 78.9 Å². The van der Waals surface area contributed by atoms with Crippen molar-refractivity contribution >= 4 is 17.9 Å². The number of para-hydroxylation sites is 1. The van der Waals surface area contributed by atoms with E-state index in [1.54, 1.807) is 17.1 Å². The molecule has 1 heterocycles. The molecule has 0 radical (unpaired) electrons. The number of carbonyl (C=O) groups excluding carboxylic acids is 2. The molecule has 3 aromatic carbocycles. The molecule has 0 atom stereocenters. The SMILES string of the molecule is NC(=O)c1cn(-c2ccc(NC=CC=O)cc2)nc1-c1ccc(Oc2ccccc2)cc1. The van der Waals surface area contributed by atoms with Crippen LogP contribution in [0.3, 0.4) is 0 Å². The molecule has 32 heavy (non-hydrogen) atoms. The zero-order valence-corrected chi connectivity index (χ0v) is 17.0. The van der Waals surface area contributed by atoms with Crippen molar-refractivity contribution in [3.05, 3.63) is 103 Å². The lowest BCUT2D eigenvalue weighted by Crippen LogP contribution is -2.11. The first-order valence-corrected chi connectivity index (χ1v) is 9.84. The van der Waals surface area contributed by atoms with Gasteiger partial charge in [0, 0.05) is 23.6 Å². The van der Waals surface area contributed by atoms with E-state index in [4.69, 9.17) is 10.5 Å². The quantitative estimate of drug-likeness (QED) is 0.319. The van der Waals surface area contributed by atoms with Crippen LogP contribution in [0.15, 0.2) is 97.3 Å². The Kier molecular flexibility index (Phi) is 6.08. The van der Waals surface area contributed by atoms with Gasteiger partial charge in [-0.1, -0.05) is 18.2 Å². The molecule has 0 aliphatic rings.